The average Bonchev–Trinajstić information content (AvgIpc) is 2.41. The molecule has 0 aliphatic heterocycles. The maximum absolute atomic E-state index is 11.9. The molecule has 19 heavy (non-hydrogen) atoms. The summed E-state index contributed by atoms with van der Waals surface area (Å²) >= 11 is 0. The third kappa shape index (κ3) is 2.86. The highest BCUT2D eigenvalue weighted by atomic mass is 16.3. The number of nitrogens with two attached hydrogens (primary N) is 1. The number of aromatic nitrogens is 1. The molecule has 6 heteroatoms. The number of pyridine rings is 1. The van der Waals surface area contributed by atoms with Crippen molar-refractivity contribution in [3.8, 4) is 5.75 Å². The quantitative estimate of drug-likeness (QED) is 0.717. The van der Waals surface area contributed by atoms with Gasteiger partial charge >= 0.3 is 0 Å². The SMILES string of the molecule is NC(=O)c1ccc(C(=O)Nc2ccccc2O)cn1. The van der Waals surface area contributed by atoms with Crippen LogP contribution in [0.5, 0.6) is 5.75 Å². The van der Waals surface area contributed by atoms with Gasteiger partial charge in [0.15, 0.2) is 0 Å². The van der Waals surface area contributed by atoms with Crippen LogP contribution < -0.4 is 11.1 Å². The molecule has 1 aromatic heterocycles. The fourth-order valence-electron chi connectivity index (χ4n) is 1.45. The van der Waals surface area contributed by atoms with Gasteiger partial charge in [-0.25, -0.2) is 0 Å². The lowest BCUT2D eigenvalue weighted by atomic mass is 10.2. The van der Waals surface area contributed by atoms with E-state index in [1.165, 1.54) is 24.4 Å². The van der Waals surface area contributed by atoms with E-state index in [1.807, 2.05) is 0 Å². The van der Waals surface area contributed by atoms with Crippen LogP contribution in [-0.4, -0.2) is 21.9 Å². The van der Waals surface area contributed by atoms with Gasteiger partial charge < -0.3 is 16.2 Å². The molecule has 0 aliphatic carbocycles. The first-order chi connectivity index (χ1) is 9.08. The number of carbonyl (C=O) groups excluding carboxylic acids is 2. The maximum Gasteiger partial charge on any atom is 0.267 e. The molecule has 1 heterocycles. The van der Waals surface area contributed by atoms with Crippen LogP contribution in [0.15, 0.2) is 42.6 Å². The zero-order valence-corrected chi connectivity index (χ0v) is 9.83. The Morgan fingerprint density at radius 1 is 1.16 bits per heavy atom. The number of aromatic hydroxyl groups is 1. The summed E-state index contributed by atoms with van der Waals surface area (Å²) in [4.78, 5) is 26.5. The van der Waals surface area contributed by atoms with Crippen LogP contribution in [0.1, 0.15) is 20.8 Å². The largest absolute Gasteiger partial charge is 0.506 e. The number of phenols is 1. The summed E-state index contributed by atoms with van der Waals surface area (Å²) in [6.45, 7) is 0. The van der Waals surface area contributed by atoms with Gasteiger partial charge in [0, 0.05) is 6.20 Å². The fraction of sp³-hybridized carbons (Fsp3) is 0. The summed E-state index contributed by atoms with van der Waals surface area (Å²) in [6.07, 6.45) is 1.25. The lowest BCUT2D eigenvalue weighted by Crippen LogP contribution is -2.15. The van der Waals surface area contributed by atoms with Crippen LogP contribution in [-0.2, 0) is 0 Å². The topological polar surface area (TPSA) is 105 Å². The molecule has 6 nitrogen and oxygen atoms in total. The highest BCUT2D eigenvalue weighted by Crippen LogP contribution is 2.22. The number of anilines is 1. The first-order valence-electron chi connectivity index (χ1n) is 5.43. The van der Waals surface area contributed by atoms with Crippen molar-refractivity contribution in [1.82, 2.24) is 4.98 Å². The third-order valence-corrected chi connectivity index (χ3v) is 2.43. The van der Waals surface area contributed by atoms with E-state index < -0.39 is 11.8 Å². The van der Waals surface area contributed by atoms with Gasteiger partial charge in [0.05, 0.1) is 11.3 Å². The summed E-state index contributed by atoms with van der Waals surface area (Å²) < 4.78 is 0. The number of phenolic OH excluding ortho intramolecular Hbond substituents is 1. The van der Waals surface area contributed by atoms with Crippen molar-refractivity contribution in [3.05, 3.63) is 53.9 Å². The molecule has 96 valence electrons. The molecule has 0 fully saturated rings. The Morgan fingerprint density at radius 3 is 2.47 bits per heavy atom. The molecule has 2 aromatic rings. The second kappa shape index (κ2) is 5.18. The number of nitrogens with one attached hydrogen (secondary N) is 1. The van der Waals surface area contributed by atoms with Crippen molar-refractivity contribution < 1.29 is 14.7 Å². The molecular weight excluding hydrogens is 246 g/mol. The van der Waals surface area contributed by atoms with Crippen molar-refractivity contribution in [1.29, 1.82) is 0 Å². The Hall–Kier alpha value is -2.89. The molecular formula is C13H11N3O3. The van der Waals surface area contributed by atoms with E-state index in [1.54, 1.807) is 18.2 Å². The van der Waals surface area contributed by atoms with E-state index in [2.05, 4.69) is 10.3 Å². The molecule has 0 spiro atoms. The molecule has 1 aromatic carbocycles. The van der Waals surface area contributed by atoms with Crippen molar-refractivity contribution in [2.75, 3.05) is 5.32 Å². The first-order valence-corrected chi connectivity index (χ1v) is 5.43. The van der Waals surface area contributed by atoms with Crippen molar-refractivity contribution in [2.24, 2.45) is 5.73 Å². The zero-order chi connectivity index (χ0) is 13.8. The second-order valence-electron chi connectivity index (χ2n) is 3.77. The number of benzene rings is 1. The maximum atomic E-state index is 11.9. The summed E-state index contributed by atoms with van der Waals surface area (Å²) in [6, 6.07) is 9.16. The molecule has 0 aliphatic rings. The standard InChI is InChI=1S/C13H11N3O3/c14-12(18)10-6-5-8(7-15-10)13(19)16-9-3-1-2-4-11(9)17/h1-7,17H,(H2,14,18)(H,16,19). The number of primary amides is 1. The highest BCUT2D eigenvalue weighted by Gasteiger charge is 2.10. The van der Waals surface area contributed by atoms with Gasteiger partial charge in [0.2, 0.25) is 0 Å². The van der Waals surface area contributed by atoms with Crippen LogP contribution in [0.3, 0.4) is 0 Å². The monoisotopic (exact) mass is 257 g/mol. The Morgan fingerprint density at radius 2 is 1.89 bits per heavy atom. The molecule has 0 unspecified atom stereocenters. The van der Waals surface area contributed by atoms with Crippen LogP contribution >= 0.6 is 0 Å². The third-order valence-electron chi connectivity index (χ3n) is 2.43. The molecule has 2 rings (SSSR count). The zero-order valence-electron chi connectivity index (χ0n) is 9.83. The number of hydrogen-bond acceptors (Lipinski definition) is 4. The van der Waals surface area contributed by atoms with E-state index in [0.717, 1.165) is 0 Å². The van der Waals surface area contributed by atoms with E-state index in [0.29, 0.717) is 5.69 Å². The number of para-hydroxylation sites is 2. The van der Waals surface area contributed by atoms with E-state index in [4.69, 9.17) is 5.73 Å². The minimum absolute atomic E-state index is 0.0300. The van der Waals surface area contributed by atoms with Gasteiger partial charge in [-0.05, 0) is 24.3 Å². The van der Waals surface area contributed by atoms with Gasteiger partial charge in [0.1, 0.15) is 11.4 Å². The molecule has 0 radical (unpaired) electrons. The summed E-state index contributed by atoms with van der Waals surface area (Å²) in [7, 11) is 0. The smallest absolute Gasteiger partial charge is 0.267 e. The Labute approximate surface area is 108 Å². The van der Waals surface area contributed by atoms with Gasteiger partial charge in [0.25, 0.3) is 11.8 Å². The molecule has 0 saturated carbocycles. The second-order valence-corrected chi connectivity index (χ2v) is 3.77. The fourth-order valence-corrected chi connectivity index (χ4v) is 1.45. The lowest BCUT2D eigenvalue weighted by molar-refractivity contribution is 0.0990. The van der Waals surface area contributed by atoms with Crippen molar-refractivity contribution >= 4 is 17.5 Å². The van der Waals surface area contributed by atoms with E-state index in [-0.39, 0.29) is 17.0 Å². The number of carbonyl (C=O) groups is 2. The van der Waals surface area contributed by atoms with Crippen LogP contribution in [0.25, 0.3) is 0 Å². The Bertz CT molecular complexity index is 623. The van der Waals surface area contributed by atoms with Gasteiger partial charge in [-0.1, -0.05) is 12.1 Å². The summed E-state index contributed by atoms with van der Waals surface area (Å²) in [5, 5.41) is 12.1. The molecule has 4 N–H and O–H groups in total. The summed E-state index contributed by atoms with van der Waals surface area (Å²) in [5.74, 6) is -1.13. The molecule has 0 saturated heterocycles. The first kappa shape index (κ1) is 12.6. The molecule has 2 amide bonds. The number of rotatable bonds is 3. The predicted molar refractivity (Wildman–Crippen MR) is 68.8 cm³/mol. The Balaban J connectivity index is 2.16. The number of amides is 2. The Kier molecular flexibility index (Phi) is 3.42. The van der Waals surface area contributed by atoms with Crippen LogP contribution in [0.4, 0.5) is 5.69 Å². The van der Waals surface area contributed by atoms with Crippen molar-refractivity contribution in [2.45, 2.75) is 0 Å². The van der Waals surface area contributed by atoms with E-state index >= 15 is 0 Å². The predicted octanol–water partition coefficient (Wildman–Crippen LogP) is 1.14. The normalized spacial score (nSPS) is 9.89. The van der Waals surface area contributed by atoms with Crippen LogP contribution in [0, 0.1) is 0 Å². The van der Waals surface area contributed by atoms with Gasteiger partial charge in [-0.3, -0.25) is 14.6 Å². The highest BCUT2D eigenvalue weighted by molar-refractivity contribution is 6.05. The lowest BCUT2D eigenvalue weighted by Gasteiger charge is -2.06. The van der Waals surface area contributed by atoms with Crippen molar-refractivity contribution in [3.63, 3.8) is 0 Å². The number of nitrogens with zero attached hydrogens (tertiary/aromatic N) is 1. The van der Waals surface area contributed by atoms with Gasteiger partial charge in [-0.15, -0.1) is 0 Å². The molecule has 0 atom stereocenters. The average molecular weight is 257 g/mol. The summed E-state index contributed by atoms with van der Waals surface area (Å²) in [5.41, 5.74) is 5.69. The van der Waals surface area contributed by atoms with E-state index in [9.17, 15) is 14.7 Å². The molecule has 0 bridgehead atoms. The van der Waals surface area contributed by atoms with Gasteiger partial charge in [-0.2, -0.15) is 0 Å². The minimum Gasteiger partial charge on any atom is -0.506 e. The number of hydrogen-bond donors (Lipinski definition) is 3. The van der Waals surface area contributed by atoms with Crippen LogP contribution in [0.2, 0.25) is 0 Å². The minimum atomic E-state index is -0.660.